The summed E-state index contributed by atoms with van der Waals surface area (Å²) in [5.74, 6) is -1.69. The molecule has 3 nitrogen and oxygen atoms in total. The van der Waals surface area contributed by atoms with Gasteiger partial charge in [-0.2, -0.15) is 0 Å². The van der Waals surface area contributed by atoms with E-state index in [9.17, 15) is 9.18 Å². The number of aliphatic hydroxyl groups excluding tert-OH is 1. The SMILES string of the molecule is O=C(O)[C@@]1(CCO)C[C@@H]1c1ccc(Br)cc1F. The van der Waals surface area contributed by atoms with Crippen LogP contribution in [-0.4, -0.2) is 22.8 Å². The molecule has 0 radical (unpaired) electrons. The van der Waals surface area contributed by atoms with Crippen LogP contribution in [0.4, 0.5) is 4.39 Å². The highest BCUT2D eigenvalue weighted by atomic mass is 79.9. The van der Waals surface area contributed by atoms with Crippen molar-refractivity contribution in [3.05, 3.63) is 34.1 Å². The van der Waals surface area contributed by atoms with Gasteiger partial charge in [-0.1, -0.05) is 22.0 Å². The van der Waals surface area contributed by atoms with Crippen molar-refractivity contribution in [3.8, 4) is 0 Å². The predicted molar refractivity (Wildman–Crippen MR) is 63.2 cm³/mol. The van der Waals surface area contributed by atoms with E-state index in [2.05, 4.69) is 15.9 Å². The number of aliphatic hydroxyl groups is 1. The minimum absolute atomic E-state index is 0.169. The molecule has 0 spiro atoms. The summed E-state index contributed by atoms with van der Waals surface area (Å²) in [5, 5.41) is 18.1. The summed E-state index contributed by atoms with van der Waals surface area (Å²) in [6, 6.07) is 4.63. The second-order valence-electron chi connectivity index (χ2n) is 4.36. The molecule has 2 rings (SSSR count). The Morgan fingerprint density at radius 3 is 2.82 bits per heavy atom. The molecule has 1 fully saturated rings. The Hall–Kier alpha value is -0.940. The Morgan fingerprint density at radius 1 is 1.59 bits per heavy atom. The van der Waals surface area contributed by atoms with Gasteiger partial charge < -0.3 is 10.2 Å². The lowest BCUT2D eigenvalue weighted by atomic mass is 9.96. The number of halogens is 2. The molecule has 17 heavy (non-hydrogen) atoms. The normalized spacial score (nSPS) is 26.9. The van der Waals surface area contributed by atoms with Crippen LogP contribution >= 0.6 is 15.9 Å². The number of hydrogen-bond acceptors (Lipinski definition) is 2. The Morgan fingerprint density at radius 2 is 2.29 bits per heavy atom. The monoisotopic (exact) mass is 302 g/mol. The number of carboxylic acids is 1. The van der Waals surface area contributed by atoms with Crippen LogP contribution in [0.15, 0.2) is 22.7 Å². The molecule has 0 saturated heterocycles. The predicted octanol–water partition coefficient (Wildman–Crippen LogP) is 2.53. The van der Waals surface area contributed by atoms with Crippen molar-refractivity contribution in [2.45, 2.75) is 18.8 Å². The highest BCUT2D eigenvalue weighted by Gasteiger charge is 2.60. The summed E-state index contributed by atoms with van der Waals surface area (Å²) in [7, 11) is 0. The zero-order valence-corrected chi connectivity index (χ0v) is 10.6. The molecule has 0 bridgehead atoms. The van der Waals surface area contributed by atoms with Crippen LogP contribution in [0.5, 0.6) is 0 Å². The Labute approximate surface area is 106 Å². The molecule has 92 valence electrons. The zero-order valence-electron chi connectivity index (χ0n) is 8.99. The summed E-state index contributed by atoms with van der Waals surface area (Å²) in [6.45, 7) is -0.194. The number of benzene rings is 1. The van der Waals surface area contributed by atoms with Crippen LogP contribution in [0.3, 0.4) is 0 Å². The van der Waals surface area contributed by atoms with Crippen LogP contribution in [0.25, 0.3) is 0 Å². The number of aliphatic carboxylic acids is 1. The maximum atomic E-state index is 13.7. The fourth-order valence-electron chi connectivity index (χ4n) is 2.32. The zero-order chi connectivity index (χ0) is 12.6. The summed E-state index contributed by atoms with van der Waals surface area (Å²) >= 11 is 3.16. The molecule has 0 unspecified atom stereocenters. The standard InChI is InChI=1S/C12H12BrFO3/c13-7-1-2-8(10(14)5-7)9-6-12(9,3-4-15)11(16)17/h1-2,5,9,15H,3-4,6H2,(H,16,17)/t9-,12+/m1/s1. The van der Waals surface area contributed by atoms with Crippen LogP contribution < -0.4 is 0 Å². The van der Waals surface area contributed by atoms with Gasteiger partial charge in [0.1, 0.15) is 5.82 Å². The van der Waals surface area contributed by atoms with Crippen molar-refractivity contribution in [2.75, 3.05) is 6.61 Å². The molecule has 1 aliphatic carbocycles. The maximum Gasteiger partial charge on any atom is 0.310 e. The van der Waals surface area contributed by atoms with Gasteiger partial charge >= 0.3 is 5.97 Å². The van der Waals surface area contributed by atoms with Crippen molar-refractivity contribution in [1.82, 2.24) is 0 Å². The average Bonchev–Trinajstić information content (AvgIpc) is 2.94. The van der Waals surface area contributed by atoms with Crippen LogP contribution in [0, 0.1) is 11.2 Å². The van der Waals surface area contributed by atoms with Crippen molar-refractivity contribution >= 4 is 21.9 Å². The first-order valence-corrected chi connectivity index (χ1v) is 6.10. The molecule has 0 aliphatic heterocycles. The minimum Gasteiger partial charge on any atom is -0.481 e. The van der Waals surface area contributed by atoms with Crippen LogP contribution in [0.1, 0.15) is 24.3 Å². The third-order valence-corrected chi connectivity index (χ3v) is 3.89. The average molecular weight is 303 g/mol. The number of carboxylic acid groups (broad SMARTS) is 1. The van der Waals surface area contributed by atoms with E-state index in [1.165, 1.54) is 6.07 Å². The maximum absolute atomic E-state index is 13.7. The van der Waals surface area contributed by atoms with E-state index in [-0.39, 0.29) is 18.9 Å². The number of hydrogen-bond donors (Lipinski definition) is 2. The van der Waals surface area contributed by atoms with Gasteiger partial charge in [-0.05, 0) is 30.5 Å². The Balaban J connectivity index is 2.29. The highest BCUT2D eigenvalue weighted by Crippen LogP contribution is 2.62. The van der Waals surface area contributed by atoms with E-state index in [0.717, 1.165) is 0 Å². The van der Waals surface area contributed by atoms with Crippen LogP contribution in [0.2, 0.25) is 0 Å². The Kier molecular flexibility index (Phi) is 3.23. The highest BCUT2D eigenvalue weighted by molar-refractivity contribution is 9.10. The first-order chi connectivity index (χ1) is 8.01. The van der Waals surface area contributed by atoms with Gasteiger partial charge in [0, 0.05) is 17.0 Å². The van der Waals surface area contributed by atoms with Gasteiger partial charge in [0.05, 0.1) is 5.41 Å². The molecule has 0 amide bonds. The summed E-state index contributed by atoms with van der Waals surface area (Å²) in [4.78, 5) is 11.2. The van der Waals surface area contributed by atoms with Crippen LogP contribution in [-0.2, 0) is 4.79 Å². The van der Waals surface area contributed by atoms with Gasteiger partial charge in [0.2, 0.25) is 0 Å². The Bertz CT molecular complexity index is 463. The van der Waals surface area contributed by atoms with Gasteiger partial charge in [0.25, 0.3) is 0 Å². The molecular formula is C12H12BrFO3. The third-order valence-electron chi connectivity index (χ3n) is 3.40. The first kappa shape index (κ1) is 12.5. The summed E-state index contributed by atoms with van der Waals surface area (Å²) in [6.07, 6.45) is 0.559. The lowest BCUT2D eigenvalue weighted by molar-refractivity contribution is -0.144. The van der Waals surface area contributed by atoms with E-state index >= 15 is 0 Å². The van der Waals surface area contributed by atoms with E-state index in [4.69, 9.17) is 10.2 Å². The second-order valence-corrected chi connectivity index (χ2v) is 5.27. The molecule has 1 aliphatic rings. The lowest BCUT2D eigenvalue weighted by Gasteiger charge is -2.11. The molecule has 1 aromatic carbocycles. The van der Waals surface area contributed by atoms with Crippen molar-refractivity contribution in [2.24, 2.45) is 5.41 Å². The minimum atomic E-state index is -0.983. The topological polar surface area (TPSA) is 57.5 Å². The van der Waals surface area contributed by atoms with Gasteiger partial charge in [-0.25, -0.2) is 4.39 Å². The van der Waals surface area contributed by atoms with Crippen molar-refractivity contribution in [3.63, 3.8) is 0 Å². The number of rotatable bonds is 4. The van der Waals surface area contributed by atoms with Crippen molar-refractivity contribution < 1.29 is 19.4 Å². The molecule has 1 aromatic rings. The lowest BCUT2D eigenvalue weighted by Crippen LogP contribution is -2.19. The van der Waals surface area contributed by atoms with E-state index in [1.807, 2.05) is 0 Å². The molecule has 0 aromatic heterocycles. The van der Waals surface area contributed by atoms with E-state index < -0.39 is 17.2 Å². The van der Waals surface area contributed by atoms with Gasteiger partial charge in [0.15, 0.2) is 0 Å². The largest absolute Gasteiger partial charge is 0.481 e. The fourth-order valence-corrected chi connectivity index (χ4v) is 2.65. The molecule has 1 saturated carbocycles. The second kappa shape index (κ2) is 4.38. The summed E-state index contributed by atoms with van der Waals surface area (Å²) in [5.41, 5.74) is -0.562. The van der Waals surface area contributed by atoms with Crippen molar-refractivity contribution in [1.29, 1.82) is 0 Å². The summed E-state index contributed by atoms with van der Waals surface area (Å²) < 4.78 is 14.3. The van der Waals surface area contributed by atoms with E-state index in [0.29, 0.717) is 16.5 Å². The molecule has 2 atom stereocenters. The van der Waals surface area contributed by atoms with Gasteiger partial charge in [-0.3, -0.25) is 4.79 Å². The number of carbonyl (C=O) groups is 1. The quantitative estimate of drug-likeness (QED) is 0.898. The first-order valence-electron chi connectivity index (χ1n) is 5.30. The fraction of sp³-hybridized carbons (Fsp3) is 0.417. The smallest absolute Gasteiger partial charge is 0.310 e. The molecule has 2 N–H and O–H groups in total. The molecular weight excluding hydrogens is 291 g/mol. The molecule has 5 heteroatoms. The molecule has 0 heterocycles. The van der Waals surface area contributed by atoms with Gasteiger partial charge in [-0.15, -0.1) is 0 Å². The van der Waals surface area contributed by atoms with E-state index in [1.54, 1.807) is 12.1 Å². The third kappa shape index (κ3) is 2.09.